The topological polar surface area (TPSA) is 47.6 Å². The maximum atomic E-state index is 12.3. The molecule has 1 aromatic carbocycles. The van der Waals surface area contributed by atoms with Crippen LogP contribution in [0.15, 0.2) is 28.8 Å². The van der Waals surface area contributed by atoms with Gasteiger partial charge in [0.15, 0.2) is 11.5 Å². The van der Waals surface area contributed by atoms with Crippen molar-refractivity contribution in [1.29, 1.82) is 0 Å². The molecule has 4 nitrogen and oxygen atoms in total. The number of halogens is 2. The Labute approximate surface area is 139 Å². The molecule has 1 saturated carbocycles. The van der Waals surface area contributed by atoms with E-state index in [4.69, 9.17) is 32.7 Å². The van der Waals surface area contributed by atoms with E-state index in [1.165, 1.54) is 0 Å². The van der Waals surface area contributed by atoms with E-state index >= 15 is 0 Å². The van der Waals surface area contributed by atoms with Crippen LogP contribution in [0.2, 0.25) is 0 Å². The Morgan fingerprint density at radius 3 is 2.82 bits per heavy atom. The maximum absolute atomic E-state index is 12.3. The molecule has 0 spiro atoms. The van der Waals surface area contributed by atoms with Crippen molar-refractivity contribution in [3.8, 4) is 11.5 Å². The van der Waals surface area contributed by atoms with Gasteiger partial charge in [-0.1, -0.05) is 43.1 Å². The first kappa shape index (κ1) is 15.5. The number of rotatable bonds is 4. The van der Waals surface area contributed by atoms with Gasteiger partial charge in [-0.15, -0.1) is 0 Å². The van der Waals surface area contributed by atoms with E-state index in [-0.39, 0.29) is 34.4 Å². The second kappa shape index (κ2) is 5.67. The number of amides is 1. The van der Waals surface area contributed by atoms with Crippen molar-refractivity contribution in [2.75, 3.05) is 6.79 Å². The quantitative estimate of drug-likeness (QED) is 0.909. The Hall–Kier alpha value is -1.39. The van der Waals surface area contributed by atoms with E-state index in [1.807, 2.05) is 32.0 Å². The van der Waals surface area contributed by atoms with E-state index in [1.54, 1.807) is 6.08 Å². The molecule has 3 rings (SSSR count). The zero-order valence-electron chi connectivity index (χ0n) is 12.4. The highest BCUT2D eigenvalue weighted by Crippen LogP contribution is 2.59. The molecule has 22 heavy (non-hydrogen) atoms. The minimum absolute atomic E-state index is 0.0125. The third kappa shape index (κ3) is 2.90. The minimum atomic E-state index is -0.117. The third-order valence-corrected chi connectivity index (χ3v) is 4.65. The summed E-state index contributed by atoms with van der Waals surface area (Å²) in [4.78, 5) is 12.3. The molecule has 1 heterocycles. The van der Waals surface area contributed by atoms with E-state index in [2.05, 4.69) is 5.32 Å². The lowest BCUT2D eigenvalue weighted by atomic mass is 10.1. The van der Waals surface area contributed by atoms with Gasteiger partial charge < -0.3 is 14.8 Å². The largest absolute Gasteiger partial charge is 0.454 e. The Kier molecular flexibility index (Phi) is 4.00. The van der Waals surface area contributed by atoms with E-state index in [0.717, 1.165) is 11.3 Å². The van der Waals surface area contributed by atoms with Crippen molar-refractivity contribution in [2.24, 2.45) is 17.3 Å². The molecule has 1 aliphatic carbocycles. The van der Waals surface area contributed by atoms with E-state index < -0.39 is 0 Å². The summed E-state index contributed by atoms with van der Waals surface area (Å²) in [6.07, 6.45) is 1.74. The number of carbonyl (C=O) groups is 1. The van der Waals surface area contributed by atoms with Crippen LogP contribution in [-0.2, 0) is 11.3 Å². The van der Waals surface area contributed by atoms with E-state index in [9.17, 15) is 4.79 Å². The molecule has 0 saturated heterocycles. The molecule has 1 N–H and O–H groups in total. The first-order valence-corrected chi connectivity index (χ1v) is 7.84. The normalized spacial score (nSPS) is 23.8. The van der Waals surface area contributed by atoms with Crippen molar-refractivity contribution in [3.63, 3.8) is 0 Å². The Morgan fingerprint density at radius 2 is 2.09 bits per heavy atom. The summed E-state index contributed by atoms with van der Waals surface area (Å²) in [7, 11) is 0. The fourth-order valence-electron chi connectivity index (χ4n) is 2.98. The second-order valence-corrected chi connectivity index (χ2v) is 7.19. The van der Waals surface area contributed by atoms with Crippen LogP contribution in [0.1, 0.15) is 19.4 Å². The molecule has 118 valence electrons. The van der Waals surface area contributed by atoms with Gasteiger partial charge in [-0.05, 0) is 35.1 Å². The average Bonchev–Trinajstić information content (AvgIpc) is 2.83. The number of benzene rings is 1. The summed E-state index contributed by atoms with van der Waals surface area (Å²) >= 11 is 11.4. The van der Waals surface area contributed by atoms with Crippen LogP contribution in [0.25, 0.3) is 0 Å². The van der Waals surface area contributed by atoms with Crippen molar-refractivity contribution in [1.82, 2.24) is 5.32 Å². The van der Waals surface area contributed by atoms with Gasteiger partial charge in [0, 0.05) is 6.54 Å². The third-order valence-electron chi connectivity index (χ3n) is 4.40. The molecule has 0 bridgehead atoms. The van der Waals surface area contributed by atoms with Gasteiger partial charge in [-0.3, -0.25) is 4.79 Å². The summed E-state index contributed by atoms with van der Waals surface area (Å²) in [6.45, 7) is 4.77. The molecule has 1 aromatic rings. The molecule has 0 unspecified atom stereocenters. The fraction of sp³-hybridized carbons (Fsp3) is 0.438. The van der Waals surface area contributed by atoms with Crippen LogP contribution in [0, 0.1) is 17.3 Å². The van der Waals surface area contributed by atoms with Crippen LogP contribution in [0.5, 0.6) is 11.5 Å². The molecular formula is C16H17Cl2NO3. The van der Waals surface area contributed by atoms with E-state index in [0.29, 0.717) is 12.3 Å². The van der Waals surface area contributed by atoms with Gasteiger partial charge in [-0.2, -0.15) is 0 Å². The van der Waals surface area contributed by atoms with Crippen LogP contribution in [0.4, 0.5) is 0 Å². The van der Waals surface area contributed by atoms with Crippen LogP contribution in [0.3, 0.4) is 0 Å². The standard InChI is InChI=1S/C16H17Cl2NO3/c1-16(2)10(6-13(17)18)14(16)15(20)19-7-9-3-4-11-12(5-9)22-8-21-11/h3-6,10,14H,7-8H2,1-2H3,(H,19,20)/t10-,14-/m1/s1. The SMILES string of the molecule is CC1(C)[C@H](C=C(Cl)Cl)[C@@H]1C(=O)NCc1ccc2c(c1)OCO2. The van der Waals surface area contributed by atoms with Gasteiger partial charge in [0.05, 0.1) is 5.92 Å². The number of hydrogen-bond acceptors (Lipinski definition) is 3. The number of ether oxygens (including phenoxy) is 2. The van der Waals surface area contributed by atoms with Crippen molar-refractivity contribution < 1.29 is 14.3 Å². The zero-order chi connectivity index (χ0) is 15.9. The molecule has 0 radical (unpaired) electrons. The smallest absolute Gasteiger partial charge is 0.231 e. The van der Waals surface area contributed by atoms with Crippen LogP contribution in [-0.4, -0.2) is 12.7 Å². The van der Waals surface area contributed by atoms with Crippen molar-refractivity contribution in [3.05, 3.63) is 34.3 Å². The first-order chi connectivity index (χ1) is 10.4. The van der Waals surface area contributed by atoms with Gasteiger partial charge >= 0.3 is 0 Å². The lowest BCUT2D eigenvalue weighted by Crippen LogP contribution is -2.26. The summed E-state index contributed by atoms with van der Waals surface area (Å²) in [5.41, 5.74) is 0.854. The highest BCUT2D eigenvalue weighted by Gasteiger charge is 2.60. The number of carbonyl (C=O) groups excluding carboxylic acids is 1. The number of nitrogens with one attached hydrogen (secondary N) is 1. The minimum Gasteiger partial charge on any atom is -0.454 e. The van der Waals surface area contributed by atoms with Gasteiger partial charge in [-0.25, -0.2) is 0 Å². The molecule has 1 amide bonds. The van der Waals surface area contributed by atoms with Crippen molar-refractivity contribution in [2.45, 2.75) is 20.4 Å². The molecule has 2 aliphatic rings. The lowest BCUT2D eigenvalue weighted by Gasteiger charge is -2.07. The van der Waals surface area contributed by atoms with Gasteiger partial charge in [0.1, 0.15) is 4.49 Å². The van der Waals surface area contributed by atoms with Gasteiger partial charge in [0.2, 0.25) is 12.7 Å². The molecule has 1 aliphatic heterocycles. The molecule has 2 atom stereocenters. The molecule has 1 fully saturated rings. The monoisotopic (exact) mass is 341 g/mol. The van der Waals surface area contributed by atoms with Crippen molar-refractivity contribution >= 4 is 29.1 Å². The highest BCUT2D eigenvalue weighted by molar-refractivity contribution is 6.55. The highest BCUT2D eigenvalue weighted by atomic mass is 35.5. The first-order valence-electron chi connectivity index (χ1n) is 7.08. The maximum Gasteiger partial charge on any atom is 0.231 e. The van der Waals surface area contributed by atoms with Crippen LogP contribution < -0.4 is 14.8 Å². The summed E-state index contributed by atoms with van der Waals surface area (Å²) in [5.74, 6) is 1.44. The Morgan fingerprint density at radius 1 is 1.36 bits per heavy atom. The second-order valence-electron chi connectivity index (χ2n) is 6.19. The molecular weight excluding hydrogens is 325 g/mol. The van der Waals surface area contributed by atoms with Gasteiger partial charge in [0.25, 0.3) is 0 Å². The molecule has 0 aromatic heterocycles. The number of allylic oxidation sites excluding steroid dienone is 1. The number of fused-ring (bicyclic) bond motifs is 1. The predicted molar refractivity (Wildman–Crippen MR) is 85.0 cm³/mol. The summed E-state index contributed by atoms with van der Waals surface area (Å²) in [5, 5.41) is 2.96. The fourth-order valence-corrected chi connectivity index (χ4v) is 3.25. The summed E-state index contributed by atoms with van der Waals surface area (Å²) < 4.78 is 10.8. The number of hydrogen-bond donors (Lipinski definition) is 1. The average molecular weight is 342 g/mol. The van der Waals surface area contributed by atoms with Crippen LogP contribution >= 0.6 is 23.2 Å². The Bertz CT molecular complexity index is 638. The lowest BCUT2D eigenvalue weighted by molar-refractivity contribution is -0.123. The zero-order valence-corrected chi connectivity index (χ0v) is 13.9. The molecule has 6 heteroatoms. The summed E-state index contributed by atoms with van der Waals surface area (Å²) in [6, 6.07) is 5.65. The Balaban J connectivity index is 1.60. The predicted octanol–water partition coefficient (Wildman–Crippen LogP) is 3.62.